The Morgan fingerprint density at radius 1 is 1.06 bits per heavy atom. The summed E-state index contributed by atoms with van der Waals surface area (Å²) in [4.78, 5) is 0. The van der Waals surface area contributed by atoms with Crippen LogP contribution in [0.25, 0.3) is 0 Å². The van der Waals surface area contributed by atoms with E-state index in [1.807, 2.05) is 49.4 Å². The molecular formula is C16H15NO. The lowest BCUT2D eigenvalue weighted by atomic mass is 10.1. The molecule has 0 bridgehead atoms. The molecule has 0 aromatic heterocycles. The zero-order chi connectivity index (χ0) is 13.0. The maximum atomic E-state index is 5.72. The number of hydrogen-bond acceptors (Lipinski definition) is 2. The lowest BCUT2D eigenvalue weighted by molar-refractivity contribution is 0.413. The Kier molecular flexibility index (Phi) is 3.54. The molecule has 0 aliphatic heterocycles. The molecule has 0 aliphatic carbocycles. The molecule has 90 valence electrons. The number of methoxy groups -OCH3 is 1. The monoisotopic (exact) mass is 237 g/mol. The zero-order valence-corrected chi connectivity index (χ0v) is 10.5. The number of aryl methyl sites for hydroxylation is 1. The first kappa shape index (κ1) is 12.1. The van der Waals surface area contributed by atoms with E-state index in [1.54, 1.807) is 7.11 Å². The second kappa shape index (κ2) is 5.29. The number of nitrogens with two attached hydrogens (primary N) is 1. The third kappa shape index (κ3) is 2.83. The molecule has 2 aromatic carbocycles. The summed E-state index contributed by atoms with van der Waals surface area (Å²) < 4.78 is 5.29. The second-order valence-electron chi connectivity index (χ2n) is 4.08. The number of ether oxygens (including phenoxy) is 1. The minimum atomic E-state index is 0.720. The molecule has 2 aromatic rings. The molecule has 0 heterocycles. The van der Waals surface area contributed by atoms with Crippen LogP contribution in [0, 0.1) is 18.8 Å². The van der Waals surface area contributed by atoms with Crippen molar-refractivity contribution >= 4 is 5.69 Å². The van der Waals surface area contributed by atoms with E-state index in [0.29, 0.717) is 0 Å². The number of benzene rings is 2. The standard InChI is InChI=1S/C16H15NO/c1-12-6-9-16(18-2)14(10-12)8-7-13-4-3-5-15(17)11-13/h3-6,9-11H,17H2,1-2H3. The minimum absolute atomic E-state index is 0.720. The smallest absolute Gasteiger partial charge is 0.134 e. The topological polar surface area (TPSA) is 35.2 Å². The summed E-state index contributed by atoms with van der Waals surface area (Å²) in [6.45, 7) is 2.03. The lowest BCUT2D eigenvalue weighted by Crippen LogP contribution is -1.89. The van der Waals surface area contributed by atoms with Crippen molar-refractivity contribution in [2.45, 2.75) is 6.92 Å². The molecule has 0 atom stereocenters. The molecule has 0 saturated heterocycles. The fourth-order valence-electron chi connectivity index (χ4n) is 1.68. The van der Waals surface area contributed by atoms with Gasteiger partial charge >= 0.3 is 0 Å². The van der Waals surface area contributed by atoms with Gasteiger partial charge in [0.25, 0.3) is 0 Å². The van der Waals surface area contributed by atoms with E-state index in [-0.39, 0.29) is 0 Å². The van der Waals surface area contributed by atoms with Gasteiger partial charge in [0, 0.05) is 11.3 Å². The predicted molar refractivity (Wildman–Crippen MR) is 74.6 cm³/mol. The van der Waals surface area contributed by atoms with Crippen LogP contribution < -0.4 is 10.5 Å². The van der Waals surface area contributed by atoms with E-state index in [2.05, 4.69) is 11.8 Å². The van der Waals surface area contributed by atoms with Gasteiger partial charge in [-0.3, -0.25) is 0 Å². The highest BCUT2D eigenvalue weighted by Crippen LogP contribution is 2.18. The molecular weight excluding hydrogens is 222 g/mol. The van der Waals surface area contributed by atoms with Gasteiger partial charge in [-0.15, -0.1) is 0 Å². The van der Waals surface area contributed by atoms with E-state index < -0.39 is 0 Å². The van der Waals surface area contributed by atoms with Gasteiger partial charge < -0.3 is 10.5 Å². The summed E-state index contributed by atoms with van der Waals surface area (Å²) in [7, 11) is 1.65. The maximum absolute atomic E-state index is 5.72. The highest BCUT2D eigenvalue weighted by atomic mass is 16.5. The first-order chi connectivity index (χ1) is 8.69. The summed E-state index contributed by atoms with van der Waals surface area (Å²) in [5.41, 5.74) is 9.39. The fraction of sp³-hybridized carbons (Fsp3) is 0.125. The number of nitrogen functional groups attached to an aromatic ring is 1. The lowest BCUT2D eigenvalue weighted by Gasteiger charge is -2.03. The van der Waals surface area contributed by atoms with E-state index >= 15 is 0 Å². The van der Waals surface area contributed by atoms with Gasteiger partial charge in [0.2, 0.25) is 0 Å². The van der Waals surface area contributed by atoms with Crippen LogP contribution in [0.1, 0.15) is 16.7 Å². The van der Waals surface area contributed by atoms with E-state index in [4.69, 9.17) is 10.5 Å². The third-order valence-electron chi connectivity index (χ3n) is 2.58. The molecule has 18 heavy (non-hydrogen) atoms. The highest BCUT2D eigenvalue weighted by molar-refractivity contribution is 5.53. The van der Waals surface area contributed by atoms with Crippen molar-refractivity contribution in [3.8, 4) is 17.6 Å². The van der Waals surface area contributed by atoms with Crippen LogP contribution in [0.4, 0.5) is 5.69 Å². The van der Waals surface area contributed by atoms with Crippen LogP contribution in [-0.2, 0) is 0 Å². The van der Waals surface area contributed by atoms with Gasteiger partial charge in [-0.05, 0) is 42.8 Å². The summed E-state index contributed by atoms with van der Waals surface area (Å²) in [6.07, 6.45) is 0. The largest absolute Gasteiger partial charge is 0.495 e. The Balaban J connectivity index is 2.37. The van der Waals surface area contributed by atoms with E-state index in [1.165, 1.54) is 0 Å². The quantitative estimate of drug-likeness (QED) is 0.611. The number of rotatable bonds is 1. The van der Waals surface area contributed by atoms with E-state index in [9.17, 15) is 0 Å². The van der Waals surface area contributed by atoms with Crippen LogP contribution in [-0.4, -0.2) is 7.11 Å². The Morgan fingerprint density at radius 3 is 2.61 bits per heavy atom. The Bertz CT molecular complexity index is 620. The zero-order valence-electron chi connectivity index (χ0n) is 10.5. The van der Waals surface area contributed by atoms with Gasteiger partial charge in [-0.25, -0.2) is 0 Å². The van der Waals surface area contributed by atoms with Gasteiger partial charge in [0.05, 0.1) is 12.7 Å². The molecule has 2 nitrogen and oxygen atoms in total. The van der Waals surface area contributed by atoms with Crippen molar-refractivity contribution < 1.29 is 4.74 Å². The molecule has 0 radical (unpaired) electrons. The summed E-state index contributed by atoms with van der Waals surface area (Å²) in [5, 5.41) is 0. The average molecular weight is 237 g/mol. The van der Waals surface area contributed by atoms with Crippen LogP contribution >= 0.6 is 0 Å². The van der Waals surface area contributed by atoms with Crippen LogP contribution in [0.5, 0.6) is 5.75 Å². The summed E-state index contributed by atoms with van der Waals surface area (Å²) in [5.74, 6) is 7.00. The predicted octanol–water partition coefficient (Wildman–Crippen LogP) is 2.99. The maximum Gasteiger partial charge on any atom is 0.134 e. The molecule has 0 amide bonds. The SMILES string of the molecule is COc1ccc(C)cc1C#Cc1cccc(N)c1. The van der Waals surface area contributed by atoms with E-state index in [0.717, 1.165) is 28.1 Å². The molecule has 0 spiro atoms. The third-order valence-corrected chi connectivity index (χ3v) is 2.58. The first-order valence-corrected chi connectivity index (χ1v) is 5.71. The Labute approximate surface area is 107 Å². The molecule has 0 aliphatic rings. The van der Waals surface area contributed by atoms with Gasteiger partial charge in [0.1, 0.15) is 5.75 Å². The van der Waals surface area contributed by atoms with Crippen LogP contribution in [0.3, 0.4) is 0 Å². The van der Waals surface area contributed by atoms with Crippen LogP contribution in [0.15, 0.2) is 42.5 Å². The highest BCUT2D eigenvalue weighted by Gasteiger charge is 1.99. The van der Waals surface area contributed by atoms with Gasteiger partial charge in [0.15, 0.2) is 0 Å². The van der Waals surface area contributed by atoms with Crippen molar-refractivity contribution in [1.29, 1.82) is 0 Å². The summed E-state index contributed by atoms with van der Waals surface area (Å²) >= 11 is 0. The average Bonchev–Trinajstić information content (AvgIpc) is 2.37. The number of hydrogen-bond donors (Lipinski definition) is 1. The molecule has 0 fully saturated rings. The Morgan fingerprint density at radius 2 is 1.89 bits per heavy atom. The normalized spacial score (nSPS) is 9.44. The van der Waals surface area contributed by atoms with Gasteiger partial charge in [-0.1, -0.05) is 24.0 Å². The molecule has 2 N–H and O–H groups in total. The summed E-state index contributed by atoms with van der Waals surface area (Å²) in [6, 6.07) is 13.5. The van der Waals surface area contributed by atoms with Crippen LogP contribution in [0.2, 0.25) is 0 Å². The Hall–Kier alpha value is -2.40. The first-order valence-electron chi connectivity index (χ1n) is 5.71. The van der Waals surface area contributed by atoms with Crippen molar-refractivity contribution in [3.63, 3.8) is 0 Å². The second-order valence-corrected chi connectivity index (χ2v) is 4.08. The van der Waals surface area contributed by atoms with Crippen molar-refractivity contribution in [2.75, 3.05) is 12.8 Å². The molecule has 2 rings (SSSR count). The molecule has 0 saturated carbocycles. The molecule has 0 unspecified atom stereocenters. The van der Waals surface area contributed by atoms with Crippen molar-refractivity contribution in [2.24, 2.45) is 0 Å². The fourth-order valence-corrected chi connectivity index (χ4v) is 1.68. The molecule has 2 heteroatoms. The number of anilines is 1. The van der Waals surface area contributed by atoms with Crippen molar-refractivity contribution in [3.05, 3.63) is 59.2 Å². The van der Waals surface area contributed by atoms with Gasteiger partial charge in [-0.2, -0.15) is 0 Å². The minimum Gasteiger partial charge on any atom is -0.495 e. The van der Waals surface area contributed by atoms with Crippen molar-refractivity contribution in [1.82, 2.24) is 0 Å².